The predicted octanol–water partition coefficient (Wildman–Crippen LogP) is 4.63. The van der Waals surface area contributed by atoms with Gasteiger partial charge in [0, 0.05) is 11.3 Å². The van der Waals surface area contributed by atoms with Crippen LogP contribution in [0.3, 0.4) is 0 Å². The average Bonchev–Trinajstić information content (AvgIpc) is 2.70. The molecule has 1 aromatic carbocycles. The Morgan fingerprint density at radius 2 is 1.83 bits per heavy atom. The lowest BCUT2D eigenvalue weighted by atomic mass is 10.1. The fourth-order valence-electron chi connectivity index (χ4n) is 2.02. The fourth-order valence-corrected chi connectivity index (χ4v) is 2.24. The van der Waals surface area contributed by atoms with Gasteiger partial charge in [0.05, 0.1) is 11.1 Å². The van der Waals surface area contributed by atoms with Crippen molar-refractivity contribution in [2.24, 2.45) is 5.92 Å². The number of H-pyrrole nitrogens is 1. The molecule has 0 saturated carbocycles. The fraction of sp³-hybridized carbons (Fsp3) is 0.400. The van der Waals surface area contributed by atoms with E-state index in [-0.39, 0.29) is 5.38 Å². The third-order valence-corrected chi connectivity index (χ3v) is 3.88. The number of aromatic amines is 1. The second-order valence-electron chi connectivity index (χ2n) is 5.06. The Hall–Kier alpha value is -1.28. The molecule has 0 aliphatic heterocycles. The summed E-state index contributed by atoms with van der Waals surface area (Å²) in [5.74, 6) is 1.28. The number of benzene rings is 1. The van der Waals surface area contributed by atoms with E-state index in [9.17, 15) is 0 Å². The van der Waals surface area contributed by atoms with E-state index in [0.717, 1.165) is 22.8 Å². The smallest absolute Gasteiger partial charge is 0.138 e. The maximum Gasteiger partial charge on any atom is 0.138 e. The predicted molar refractivity (Wildman–Crippen MR) is 76.9 cm³/mol. The molecule has 0 radical (unpaired) electrons. The summed E-state index contributed by atoms with van der Waals surface area (Å²) in [6.07, 6.45) is 0. The Balaban J connectivity index is 2.44. The lowest BCUT2D eigenvalue weighted by Crippen LogP contribution is -2.01. The SMILES string of the molecule is Cc1ccccc1-c1nc(C(Cl)C(C)C)c(C)[nH]1. The van der Waals surface area contributed by atoms with E-state index >= 15 is 0 Å². The van der Waals surface area contributed by atoms with Crippen LogP contribution in [-0.4, -0.2) is 9.97 Å². The zero-order valence-electron chi connectivity index (χ0n) is 11.3. The average molecular weight is 263 g/mol. The molecule has 18 heavy (non-hydrogen) atoms. The van der Waals surface area contributed by atoms with Gasteiger partial charge in [-0.3, -0.25) is 0 Å². The van der Waals surface area contributed by atoms with E-state index in [4.69, 9.17) is 11.6 Å². The number of imidazole rings is 1. The van der Waals surface area contributed by atoms with Crippen LogP contribution >= 0.6 is 11.6 Å². The molecule has 1 atom stereocenters. The van der Waals surface area contributed by atoms with Gasteiger partial charge in [-0.15, -0.1) is 11.6 Å². The van der Waals surface area contributed by atoms with Gasteiger partial charge in [-0.2, -0.15) is 0 Å². The van der Waals surface area contributed by atoms with Crippen LogP contribution in [0.25, 0.3) is 11.4 Å². The van der Waals surface area contributed by atoms with Gasteiger partial charge in [-0.1, -0.05) is 38.1 Å². The van der Waals surface area contributed by atoms with Gasteiger partial charge in [0.15, 0.2) is 0 Å². The van der Waals surface area contributed by atoms with Gasteiger partial charge >= 0.3 is 0 Å². The van der Waals surface area contributed by atoms with Gasteiger partial charge in [-0.05, 0) is 25.3 Å². The summed E-state index contributed by atoms with van der Waals surface area (Å²) < 4.78 is 0. The molecular weight excluding hydrogens is 244 g/mol. The molecular formula is C15H19ClN2. The quantitative estimate of drug-likeness (QED) is 0.803. The highest BCUT2D eigenvalue weighted by Gasteiger charge is 2.19. The topological polar surface area (TPSA) is 28.7 Å². The van der Waals surface area contributed by atoms with E-state index in [0.29, 0.717) is 5.92 Å². The van der Waals surface area contributed by atoms with Crippen LogP contribution in [0.15, 0.2) is 24.3 Å². The molecule has 3 heteroatoms. The van der Waals surface area contributed by atoms with E-state index in [1.54, 1.807) is 0 Å². The molecule has 1 heterocycles. The van der Waals surface area contributed by atoms with Gasteiger partial charge in [-0.25, -0.2) is 4.98 Å². The third-order valence-electron chi connectivity index (χ3n) is 3.17. The van der Waals surface area contributed by atoms with E-state index < -0.39 is 0 Å². The maximum atomic E-state index is 6.40. The first-order valence-corrected chi connectivity index (χ1v) is 6.71. The summed E-state index contributed by atoms with van der Waals surface area (Å²) in [7, 11) is 0. The number of nitrogens with one attached hydrogen (secondary N) is 1. The highest BCUT2D eigenvalue weighted by atomic mass is 35.5. The molecule has 0 amide bonds. The van der Waals surface area contributed by atoms with Crippen molar-refractivity contribution in [1.82, 2.24) is 9.97 Å². The summed E-state index contributed by atoms with van der Waals surface area (Å²) in [6, 6.07) is 8.23. The lowest BCUT2D eigenvalue weighted by molar-refractivity contribution is 0.612. The van der Waals surface area contributed by atoms with Gasteiger partial charge < -0.3 is 4.98 Å². The molecule has 1 aromatic heterocycles. The van der Waals surface area contributed by atoms with Crippen LogP contribution in [-0.2, 0) is 0 Å². The second-order valence-corrected chi connectivity index (χ2v) is 5.53. The Bertz CT molecular complexity index is 543. The van der Waals surface area contributed by atoms with Crippen molar-refractivity contribution in [3.8, 4) is 11.4 Å². The number of aromatic nitrogens is 2. The van der Waals surface area contributed by atoms with E-state index in [2.05, 4.69) is 42.9 Å². The number of halogens is 1. The van der Waals surface area contributed by atoms with Crippen LogP contribution in [0.1, 0.15) is 36.2 Å². The molecule has 96 valence electrons. The Morgan fingerprint density at radius 3 is 2.44 bits per heavy atom. The standard InChI is InChI=1S/C15H19ClN2/c1-9(2)13(16)14-11(4)17-15(18-14)12-8-6-5-7-10(12)3/h5-9,13H,1-4H3,(H,17,18). The summed E-state index contributed by atoms with van der Waals surface area (Å²) in [6.45, 7) is 8.34. The summed E-state index contributed by atoms with van der Waals surface area (Å²) in [4.78, 5) is 8.02. The minimum absolute atomic E-state index is 0.0426. The normalized spacial score (nSPS) is 13.0. The van der Waals surface area contributed by atoms with Crippen LogP contribution in [0.2, 0.25) is 0 Å². The van der Waals surface area contributed by atoms with Gasteiger partial charge in [0.25, 0.3) is 0 Å². The number of hydrogen-bond donors (Lipinski definition) is 1. The number of hydrogen-bond acceptors (Lipinski definition) is 1. The summed E-state index contributed by atoms with van der Waals surface area (Å²) in [5.41, 5.74) is 4.37. The minimum atomic E-state index is -0.0426. The summed E-state index contributed by atoms with van der Waals surface area (Å²) in [5, 5.41) is -0.0426. The number of alkyl halides is 1. The first-order valence-electron chi connectivity index (χ1n) is 6.27. The molecule has 1 unspecified atom stereocenters. The van der Waals surface area contributed by atoms with Crippen LogP contribution in [0, 0.1) is 19.8 Å². The van der Waals surface area contributed by atoms with Crippen molar-refractivity contribution in [3.63, 3.8) is 0 Å². The molecule has 0 fully saturated rings. The van der Waals surface area contributed by atoms with Crippen molar-refractivity contribution in [2.45, 2.75) is 33.1 Å². The maximum absolute atomic E-state index is 6.40. The number of rotatable bonds is 3. The van der Waals surface area contributed by atoms with Crippen LogP contribution in [0.4, 0.5) is 0 Å². The van der Waals surface area contributed by atoms with Crippen molar-refractivity contribution in [1.29, 1.82) is 0 Å². The Labute approximate surface area is 113 Å². The van der Waals surface area contributed by atoms with Crippen molar-refractivity contribution in [3.05, 3.63) is 41.2 Å². The highest BCUT2D eigenvalue weighted by molar-refractivity contribution is 6.20. The van der Waals surface area contributed by atoms with Crippen LogP contribution < -0.4 is 0 Å². The van der Waals surface area contributed by atoms with Gasteiger partial charge in [0.1, 0.15) is 5.82 Å². The first kappa shape index (κ1) is 13.2. The third kappa shape index (κ3) is 2.44. The van der Waals surface area contributed by atoms with Crippen LogP contribution in [0.5, 0.6) is 0 Å². The molecule has 2 nitrogen and oxygen atoms in total. The molecule has 0 spiro atoms. The van der Waals surface area contributed by atoms with Crippen molar-refractivity contribution in [2.75, 3.05) is 0 Å². The van der Waals surface area contributed by atoms with Crippen molar-refractivity contribution >= 4 is 11.6 Å². The number of aryl methyl sites for hydroxylation is 2. The number of nitrogens with zero attached hydrogens (tertiary/aromatic N) is 1. The first-order chi connectivity index (χ1) is 8.50. The molecule has 0 saturated heterocycles. The largest absolute Gasteiger partial charge is 0.342 e. The molecule has 1 N–H and O–H groups in total. The Kier molecular flexibility index (Phi) is 3.76. The summed E-state index contributed by atoms with van der Waals surface area (Å²) >= 11 is 6.40. The molecule has 0 bridgehead atoms. The molecule has 2 rings (SSSR count). The Morgan fingerprint density at radius 1 is 1.17 bits per heavy atom. The van der Waals surface area contributed by atoms with Crippen molar-refractivity contribution < 1.29 is 0 Å². The monoisotopic (exact) mass is 262 g/mol. The minimum Gasteiger partial charge on any atom is -0.342 e. The van der Waals surface area contributed by atoms with Gasteiger partial charge in [0.2, 0.25) is 0 Å². The second kappa shape index (κ2) is 5.15. The zero-order chi connectivity index (χ0) is 13.3. The molecule has 0 aliphatic rings. The zero-order valence-corrected chi connectivity index (χ0v) is 12.0. The van der Waals surface area contributed by atoms with E-state index in [1.165, 1.54) is 5.56 Å². The molecule has 2 aromatic rings. The lowest BCUT2D eigenvalue weighted by Gasteiger charge is -2.11. The molecule has 0 aliphatic carbocycles. The highest BCUT2D eigenvalue weighted by Crippen LogP contribution is 2.31. The van der Waals surface area contributed by atoms with E-state index in [1.807, 2.05) is 19.1 Å².